The van der Waals surface area contributed by atoms with E-state index in [9.17, 15) is 4.79 Å². The molecule has 100 valence electrons. The van der Waals surface area contributed by atoms with Crippen molar-refractivity contribution in [2.24, 2.45) is 16.7 Å². The second-order valence-electron chi connectivity index (χ2n) is 6.82. The Morgan fingerprint density at radius 3 is 2.47 bits per heavy atom. The van der Waals surface area contributed by atoms with Gasteiger partial charge in [0.1, 0.15) is 5.78 Å². The van der Waals surface area contributed by atoms with Crippen LogP contribution >= 0.6 is 0 Å². The molecular weight excluding hydrogens is 232 g/mol. The van der Waals surface area contributed by atoms with E-state index in [1.165, 1.54) is 11.1 Å². The van der Waals surface area contributed by atoms with E-state index in [-0.39, 0.29) is 16.7 Å². The smallest absolute Gasteiger partial charge is 0.146 e. The van der Waals surface area contributed by atoms with E-state index in [2.05, 4.69) is 51.1 Å². The van der Waals surface area contributed by atoms with Crippen LogP contribution in [0.5, 0.6) is 0 Å². The number of allylic oxidation sites excluding steroid dienone is 2. The Labute approximate surface area is 115 Å². The number of Topliss-reactive ketones (excluding diaryl/α,β-unsaturated/α-hetero) is 1. The van der Waals surface area contributed by atoms with Gasteiger partial charge >= 0.3 is 0 Å². The third-order valence-electron chi connectivity index (χ3n) is 5.34. The molecule has 0 aliphatic heterocycles. The molecule has 0 unspecified atom stereocenters. The van der Waals surface area contributed by atoms with Crippen LogP contribution in [0, 0.1) is 16.7 Å². The summed E-state index contributed by atoms with van der Waals surface area (Å²) >= 11 is 0. The fraction of sp³-hybridized carbons (Fsp3) is 0.500. The zero-order valence-electron chi connectivity index (χ0n) is 12.1. The van der Waals surface area contributed by atoms with Gasteiger partial charge in [-0.25, -0.2) is 0 Å². The summed E-state index contributed by atoms with van der Waals surface area (Å²) in [5, 5.41) is 0. The molecule has 0 heterocycles. The van der Waals surface area contributed by atoms with Crippen LogP contribution in [0.3, 0.4) is 0 Å². The van der Waals surface area contributed by atoms with Gasteiger partial charge in [-0.1, -0.05) is 55.8 Å². The summed E-state index contributed by atoms with van der Waals surface area (Å²) in [7, 11) is 0. The molecule has 2 aliphatic rings. The average Bonchev–Trinajstić information content (AvgIpc) is 2.74. The lowest BCUT2D eigenvalue weighted by molar-refractivity contribution is -0.125. The van der Waals surface area contributed by atoms with E-state index < -0.39 is 0 Å². The molecule has 3 rings (SSSR count). The van der Waals surface area contributed by atoms with E-state index >= 15 is 0 Å². The van der Waals surface area contributed by atoms with E-state index in [0.29, 0.717) is 5.78 Å². The Bertz CT molecular complexity index is 538. The fourth-order valence-electron chi connectivity index (χ4n) is 4.25. The number of rotatable bonds is 2. The van der Waals surface area contributed by atoms with E-state index in [0.717, 1.165) is 19.3 Å². The second kappa shape index (κ2) is 4.06. The van der Waals surface area contributed by atoms with Gasteiger partial charge in [0.25, 0.3) is 0 Å². The lowest BCUT2D eigenvalue weighted by atomic mass is 9.68. The van der Waals surface area contributed by atoms with Gasteiger partial charge in [0, 0.05) is 11.3 Å². The molecule has 0 N–H and O–H groups in total. The highest BCUT2D eigenvalue weighted by Gasteiger charge is 2.61. The lowest BCUT2D eigenvalue weighted by Crippen LogP contribution is -2.26. The van der Waals surface area contributed by atoms with Crippen molar-refractivity contribution in [1.29, 1.82) is 0 Å². The monoisotopic (exact) mass is 254 g/mol. The van der Waals surface area contributed by atoms with Crippen molar-refractivity contribution in [2.45, 2.75) is 40.0 Å². The van der Waals surface area contributed by atoms with Crippen LogP contribution in [-0.2, 0) is 11.2 Å². The number of ketones is 1. The highest BCUT2D eigenvalue weighted by Crippen LogP contribution is 2.63. The number of carbonyl (C=O) groups excluding carboxylic acids is 1. The first-order valence-corrected chi connectivity index (χ1v) is 7.25. The first-order valence-electron chi connectivity index (χ1n) is 7.25. The van der Waals surface area contributed by atoms with Crippen LogP contribution in [-0.4, -0.2) is 5.78 Å². The van der Waals surface area contributed by atoms with Gasteiger partial charge in [-0.05, 0) is 37.2 Å². The van der Waals surface area contributed by atoms with E-state index in [4.69, 9.17) is 0 Å². The molecular formula is C18H22O. The molecule has 0 spiro atoms. The Morgan fingerprint density at radius 1 is 1.21 bits per heavy atom. The molecule has 2 saturated carbocycles. The summed E-state index contributed by atoms with van der Waals surface area (Å²) in [5.74, 6) is 0.733. The number of hydrogen-bond acceptors (Lipinski definition) is 1. The van der Waals surface area contributed by atoms with Gasteiger partial charge in [-0.2, -0.15) is 0 Å². The van der Waals surface area contributed by atoms with Gasteiger partial charge in [0.15, 0.2) is 0 Å². The van der Waals surface area contributed by atoms with E-state index in [1.54, 1.807) is 0 Å². The Morgan fingerprint density at radius 2 is 1.89 bits per heavy atom. The first-order chi connectivity index (χ1) is 8.96. The topological polar surface area (TPSA) is 17.1 Å². The number of hydrogen-bond donors (Lipinski definition) is 0. The van der Waals surface area contributed by atoms with Gasteiger partial charge in [-0.3, -0.25) is 4.79 Å². The lowest BCUT2D eigenvalue weighted by Gasteiger charge is -2.35. The Balaban J connectivity index is 1.94. The van der Waals surface area contributed by atoms with Crippen LogP contribution in [0.25, 0.3) is 0 Å². The number of benzene rings is 1. The van der Waals surface area contributed by atoms with Crippen molar-refractivity contribution < 1.29 is 4.79 Å². The molecule has 2 fully saturated rings. The molecule has 0 saturated heterocycles. The van der Waals surface area contributed by atoms with Crippen LogP contribution in [0.15, 0.2) is 42.0 Å². The van der Waals surface area contributed by atoms with Crippen molar-refractivity contribution in [1.82, 2.24) is 0 Å². The largest absolute Gasteiger partial charge is 0.298 e. The summed E-state index contributed by atoms with van der Waals surface area (Å²) in [6, 6.07) is 10.5. The van der Waals surface area contributed by atoms with Crippen molar-refractivity contribution in [3.8, 4) is 0 Å². The summed E-state index contributed by atoms with van der Waals surface area (Å²) < 4.78 is 0. The second-order valence-corrected chi connectivity index (χ2v) is 6.82. The first kappa shape index (κ1) is 12.7. The number of carbonyl (C=O) groups is 1. The fourth-order valence-corrected chi connectivity index (χ4v) is 4.25. The van der Waals surface area contributed by atoms with Crippen LogP contribution in [0.4, 0.5) is 0 Å². The summed E-state index contributed by atoms with van der Waals surface area (Å²) in [6.45, 7) is 6.65. The van der Waals surface area contributed by atoms with Crippen LogP contribution in [0.1, 0.15) is 39.2 Å². The maximum atomic E-state index is 12.5. The molecule has 2 aliphatic carbocycles. The maximum absolute atomic E-state index is 12.5. The molecule has 2 bridgehead atoms. The van der Waals surface area contributed by atoms with Gasteiger partial charge in [-0.15, -0.1) is 0 Å². The molecule has 1 aromatic carbocycles. The maximum Gasteiger partial charge on any atom is 0.146 e. The highest BCUT2D eigenvalue weighted by atomic mass is 16.1. The zero-order chi connectivity index (χ0) is 13.7. The molecule has 0 radical (unpaired) electrons. The summed E-state index contributed by atoms with van der Waals surface area (Å²) in [4.78, 5) is 12.5. The molecule has 1 heteroatoms. The minimum Gasteiger partial charge on any atom is -0.298 e. The Hall–Kier alpha value is -1.37. The van der Waals surface area contributed by atoms with Gasteiger partial charge in [0.05, 0.1) is 0 Å². The normalized spacial score (nSPS) is 34.2. The third kappa shape index (κ3) is 1.71. The third-order valence-corrected chi connectivity index (χ3v) is 5.34. The number of fused-ring (bicyclic) bond motifs is 2. The average molecular weight is 254 g/mol. The van der Waals surface area contributed by atoms with Crippen molar-refractivity contribution in [3.63, 3.8) is 0 Å². The van der Waals surface area contributed by atoms with Crippen molar-refractivity contribution in [2.75, 3.05) is 0 Å². The van der Waals surface area contributed by atoms with Gasteiger partial charge < -0.3 is 0 Å². The summed E-state index contributed by atoms with van der Waals surface area (Å²) in [5.41, 5.74) is 2.58. The van der Waals surface area contributed by atoms with Crippen molar-refractivity contribution >= 4 is 5.78 Å². The quantitative estimate of drug-likeness (QED) is 0.724. The molecule has 1 aromatic rings. The molecule has 0 amide bonds. The SMILES string of the molecule is CC1(C)/C(=C/Cc2ccccc2)[C@@]2(C)CC[C@@H]1C2=O. The highest BCUT2D eigenvalue weighted by molar-refractivity contribution is 5.96. The minimum absolute atomic E-state index is 0.0544. The standard InChI is InChI=1S/C18H22O/c1-17(2)14-11-12-18(3,16(14)19)15(17)10-9-13-7-5-4-6-8-13/h4-8,10,14H,9,11-12H2,1-3H3/b15-10-/t14-,18-/m1/s1. The van der Waals surface area contributed by atoms with Crippen LogP contribution < -0.4 is 0 Å². The van der Waals surface area contributed by atoms with Gasteiger partial charge in [0.2, 0.25) is 0 Å². The predicted octanol–water partition coefficient (Wildman–Crippen LogP) is 4.18. The molecule has 0 aromatic heterocycles. The van der Waals surface area contributed by atoms with Crippen LogP contribution in [0.2, 0.25) is 0 Å². The predicted molar refractivity (Wildman–Crippen MR) is 77.8 cm³/mol. The zero-order valence-corrected chi connectivity index (χ0v) is 12.1. The van der Waals surface area contributed by atoms with Crippen molar-refractivity contribution in [3.05, 3.63) is 47.5 Å². The molecule has 19 heavy (non-hydrogen) atoms. The Kier molecular flexibility index (Phi) is 2.70. The summed E-state index contributed by atoms with van der Waals surface area (Å²) in [6.07, 6.45) is 5.38. The minimum atomic E-state index is -0.178. The molecule has 1 nitrogen and oxygen atoms in total. The molecule has 2 atom stereocenters. The van der Waals surface area contributed by atoms with E-state index in [1.807, 2.05) is 6.07 Å².